The van der Waals surface area contributed by atoms with E-state index in [9.17, 15) is 14.4 Å². The van der Waals surface area contributed by atoms with E-state index in [1.165, 1.54) is 49.8 Å². The third kappa shape index (κ3) is 7.55. The van der Waals surface area contributed by atoms with Crippen LogP contribution in [-0.2, 0) is 4.79 Å². The molecule has 1 heterocycles. The van der Waals surface area contributed by atoms with Gasteiger partial charge in [0, 0.05) is 47.1 Å². The van der Waals surface area contributed by atoms with Crippen LogP contribution in [0.5, 0.6) is 0 Å². The average Bonchev–Trinajstić information content (AvgIpc) is 2.87. The van der Waals surface area contributed by atoms with E-state index in [4.69, 9.17) is 5.11 Å². The van der Waals surface area contributed by atoms with Gasteiger partial charge in [0.2, 0.25) is 0 Å². The standard InChI is InChI=1S/C30H42N2O4/c1-2-3-4-5-6-7-10-13-21-31-26-20-19-25-28-23(26)16-15-17-24(28)29(35)32(30(25)36)22-14-11-8-9-12-18-27(33)34/h15-17,19-20,31H,2-14,18,21-22H2,1H3,(H,33,34). The zero-order chi connectivity index (χ0) is 25.8. The van der Waals surface area contributed by atoms with Gasteiger partial charge >= 0.3 is 5.97 Å². The molecule has 2 aromatic rings. The van der Waals surface area contributed by atoms with Crippen molar-refractivity contribution in [1.29, 1.82) is 0 Å². The SMILES string of the molecule is CCCCCCCCCCNc1ccc2c3c(cccc13)C(=O)N(CCCCCCCC(=O)O)C2=O. The summed E-state index contributed by atoms with van der Waals surface area (Å²) >= 11 is 0. The molecule has 6 heteroatoms. The van der Waals surface area contributed by atoms with Crippen molar-refractivity contribution in [3.63, 3.8) is 0 Å². The van der Waals surface area contributed by atoms with Crippen molar-refractivity contribution in [3.05, 3.63) is 41.5 Å². The van der Waals surface area contributed by atoms with Gasteiger partial charge in [0.15, 0.2) is 0 Å². The van der Waals surface area contributed by atoms with Crippen LogP contribution in [0.2, 0.25) is 0 Å². The Kier molecular flexibility index (Phi) is 11.2. The van der Waals surface area contributed by atoms with Crippen molar-refractivity contribution in [1.82, 2.24) is 4.90 Å². The second-order valence-electron chi connectivity index (χ2n) is 9.96. The fourth-order valence-electron chi connectivity index (χ4n) is 5.06. The van der Waals surface area contributed by atoms with Gasteiger partial charge in [-0.25, -0.2) is 0 Å². The van der Waals surface area contributed by atoms with Crippen LogP contribution in [0.1, 0.15) is 118 Å². The molecule has 0 fully saturated rings. The number of rotatable bonds is 18. The Hall–Kier alpha value is -2.89. The van der Waals surface area contributed by atoms with E-state index in [1.54, 1.807) is 0 Å². The number of aliphatic carboxylic acids is 1. The van der Waals surface area contributed by atoms with Gasteiger partial charge in [-0.1, -0.05) is 83.3 Å². The number of benzene rings is 2. The van der Waals surface area contributed by atoms with Crippen LogP contribution in [-0.4, -0.2) is 40.9 Å². The first-order valence-electron chi connectivity index (χ1n) is 13.9. The van der Waals surface area contributed by atoms with Crippen molar-refractivity contribution in [3.8, 4) is 0 Å². The fourth-order valence-corrected chi connectivity index (χ4v) is 5.06. The topological polar surface area (TPSA) is 86.7 Å². The number of anilines is 1. The second kappa shape index (κ2) is 14.6. The first-order chi connectivity index (χ1) is 17.5. The van der Waals surface area contributed by atoms with Crippen LogP contribution >= 0.6 is 0 Å². The Morgan fingerprint density at radius 2 is 1.39 bits per heavy atom. The van der Waals surface area contributed by atoms with Gasteiger partial charge in [0.1, 0.15) is 0 Å². The van der Waals surface area contributed by atoms with E-state index < -0.39 is 5.97 Å². The molecule has 3 rings (SSSR count). The van der Waals surface area contributed by atoms with Crippen LogP contribution in [0.3, 0.4) is 0 Å². The second-order valence-corrected chi connectivity index (χ2v) is 9.96. The predicted octanol–water partition coefficient (Wildman–Crippen LogP) is 7.41. The number of hydrogen-bond donors (Lipinski definition) is 2. The van der Waals surface area contributed by atoms with E-state index >= 15 is 0 Å². The van der Waals surface area contributed by atoms with Crippen molar-refractivity contribution >= 4 is 34.2 Å². The Balaban J connectivity index is 1.54. The minimum Gasteiger partial charge on any atom is -0.481 e. The molecule has 1 aliphatic rings. The predicted molar refractivity (Wildman–Crippen MR) is 146 cm³/mol. The third-order valence-corrected chi connectivity index (χ3v) is 7.11. The maximum Gasteiger partial charge on any atom is 0.303 e. The first-order valence-corrected chi connectivity index (χ1v) is 13.9. The van der Waals surface area contributed by atoms with Gasteiger partial charge in [0.05, 0.1) is 0 Å². The van der Waals surface area contributed by atoms with Crippen molar-refractivity contribution in [2.45, 2.75) is 96.8 Å². The molecule has 36 heavy (non-hydrogen) atoms. The summed E-state index contributed by atoms with van der Waals surface area (Å²) in [6, 6.07) is 9.54. The van der Waals surface area contributed by atoms with Crippen molar-refractivity contribution < 1.29 is 19.5 Å². The molecule has 0 spiro atoms. The van der Waals surface area contributed by atoms with Crippen molar-refractivity contribution in [2.24, 2.45) is 0 Å². The minimum atomic E-state index is -0.765. The van der Waals surface area contributed by atoms with E-state index in [0.717, 1.165) is 55.1 Å². The normalized spacial score (nSPS) is 13.0. The van der Waals surface area contributed by atoms with Gasteiger partial charge in [-0.05, 0) is 37.5 Å². The highest BCUT2D eigenvalue weighted by atomic mass is 16.4. The third-order valence-electron chi connectivity index (χ3n) is 7.11. The highest BCUT2D eigenvalue weighted by molar-refractivity contribution is 6.26. The Morgan fingerprint density at radius 3 is 2.08 bits per heavy atom. The monoisotopic (exact) mass is 494 g/mol. The molecule has 0 saturated carbocycles. The number of nitrogens with zero attached hydrogens (tertiary/aromatic N) is 1. The number of amides is 2. The van der Waals surface area contributed by atoms with Crippen LogP contribution in [0, 0.1) is 0 Å². The maximum absolute atomic E-state index is 13.2. The summed E-state index contributed by atoms with van der Waals surface area (Å²) in [6.45, 7) is 3.52. The molecule has 1 aliphatic heterocycles. The summed E-state index contributed by atoms with van der Waals surface area (Å²) in [4.78, 5) is 38.4. The molecule has 2 N–H and O–H groups in total. The number of carboxylic acid groups (broad SMARTS) is 1. The lowest BCUT2D eigenvalue weighted by Crippen LogP contribution is -2.40. The molecule has 0 unspecified atom stereocenters. The number of carbonyl (C=O) groups is 3. The van der Waals surface area contributed by atoms with Crippen LogP contribution in [0.25, 0.3) is 10.8 Å². The average molecular weight is 495 g/mol. The highest BCUT2D eigenvalue weighted by Gasteiger charge is 2.32. The number of unbranched alkanes of at least 4 members (excludes halogenated alkanes) is 11. The van der Waals surface area contributed by atoms with Gasteiger partial charge in [-0.3, -0.25) is 19.3 Å². The molecule has 2 aromatic carbocycles. The Bertz CT molecular complexity index is 1010. The van der Waals surface area contributed by atoms with E-state index in [1.807, 2.05) is 30.3 Å². The lowest BCUT2D eigenvalue weighted by atomic mass is 9.92. The zero-order valence-corrected chi connectivity index (χ0v) is 21.8. The number of nitrogens with one attached hydrogen (secondary N) is 1. The number of carbonyl (C=O) groups excluding carboxylic acids is 2. The fraction of sp³-hybridized carbons (Fsp3) is 0.567. The van der Waals surface area contributed by atoms with E-state index in [-0.39, 0.29) is 18.2 Å². The Labute approximate surface area is 215 Å². The largest absolute Gasteiger partial charge is 0.481 e. The summed E-state index contributed by atoms with van der Waals surface area (Å²) in [5.41, 5.74) is 2.17. The van der Waals surface area contributed by atoms with Crippen LogP contribution in [0.15, 0.2) is 30.3 Å². The molecule has 0 radical (unpaired) electrons. The summed E-state index contributed by atoms with van der Waals surface area (Å²) in [6.07, 6.45) is 14.4. The molecule has 2 amide bonds. The summed E-state index contributed by atoms with van der Waals surface area (Å²) in [5.74, 6) is -1.20. The molecule has 0 bridgehead atoms. The lowest BCUT2D eigenvalue weighted by Gasteiger charge is -2.28. The highest BCUT2D eigenvalue weighted by Crippen LogP contribution is 2.34. The van der Waals surface area contributed by atoms with E-state index in [0.29, 0.717) is 24.1 Å². The summed E-state index contributed by atoms with van der Waals surface area (Å²) in [5, 5.41) is 14.0. The quantitative estimate of drug-likeness (QED) is 0.166. The van der Waals surface area contributed by atoms with Gasteiger partial charge in [0.25, 0.3) is 11.8 Å². The van der Waals surface area contributed by atoms with E-state index in [2.05, 4.69) is 12.2 Å². The molecular weight excluding hydrogens is 452 g/mol. The number of hydrogen-bond acceptors (Lipinski definition) is 4. The smallest absolute Gasteiger partial charge is 0.303 e. The molecular formula is C30H42N2O4. The maximum atomic E-state index is 13.2. The van der Waals surface area contributed by atoms with Gasteiger partial charge in [-0.2, -0.15) is 0 Å². The van der Waals surface area contributed by atoms with Crippen LogP contribution < -0.4 is 5.32 Å². The lowest BCUT2D eigenvalue weighted by molar-refractivity contribution is -0.137. The molecule has 0 saturated heterocycles. The number of carboxylic acids is 1. The first kappa shape index (κ1) is 27.7. The molecule has 196 valence electrons. The molecule has 0 aliphatic carbocycles. The molecule has 0 aromatic heterocycles. The molecule has 6 nitrogen and oxygen atoms in total. The summed E-state index contributed by atoms with van der Waals surface area (Å²) < 4.78 is 0. The van der Waals surface area contributed by atoms with Gasteiger partial charge < -0.3 is 10.4 Å². The van der Waals surface area contributed by atoms with Crippen LogP contribution in [0.4, 0.5) is 5.69 Å². The van der Waals surface area contributed by atoms with Crippen molar-refractivity contribution in [2.75, 3.05) is 18.4 Å². The Morgan fingerprint density at radius 1 is 0.778 bits per heavy atom. The number of imide groups is 1. The minimum absolute atomic E-state index is 0.194. The zero-order valence-electron chi connectivity index (χ0n) is 21.8. The van der Waals surface area contributed by atoms with Gasteiger partial charge in [-0.15, -0.1) is 0 Å². The molecule has 0 atom stereocenters. The summed E-state index contributed by atoms with van der Waals surface area (Å²) in [7, 11) is 0.